The van der Waals surface area contributed by atoms with Crippen molar-refractivity contribution < 1.29 is 34.3 Å². The summed E-state index contributed by atoms with van der Waals surface area (Å²) in [5.74, 6) is -0.458. The van der Waals surface area contributed by atoms with Gasteiger partial charge in [-0.25, -0.2) is 0 Å². The van der Waals surface area contributed by atoms with Crippen LogP contribution in [0.2, 0.25) is 0 Å². The van der Waals surface area contributed by atoms with Crippen LogP contribution < -0.4 is 0 Å². The van der Waals surface area contributed by atoms with Crippen LogP contribution in [0, 0.1) is 0 Å². The largest absolute Gasteiger partial charge is 0.454 e. The molecule has 0 radical (unpaired) electrons. The monoisotopic (exact) mass is 320 g/mol. The summed E-state index contributed by atoms with van der Waals surface area (Å²) in [4.78, 5) is 11.8. The number of unbranched alkanes of at least 4 members (excludes halogenated alkanes) is 4. The van der Waals surface area contributed by atoms with Crippen LogP contribution >= 0.6 is 0 Å². The first-order valence-corrected chi connectivity index (χ1v) is 7.89. The molecule has 5 atom stereocenters. The first-order chi connectivity index (χ1) is 10.5. The number of ether oxygens (including phenoxy) is 3. The Morgan fingerprint density at radius 1 is 1.14 bits per heavy atom. The molecule has 22 heavy (non-hydrogen) atoms. The Balaban J connectivity index is 2.45. The van der Waals surface area contributed by atoms with Gasteiger partial charge in [0.05, 0.1) is 6.61 Å². The van der Waals surface area contributed by atoms with Gasteiger partial charge in [-0.3, -0.25) is 4.79 Å². The molecule has 0 aromatic carbocycles. The summed E-state index contributed by atoms with van der Waals surface area (Å²) >= 11 is 0. The summed E-state index contributed by atoms with van der Waals surface area (Å²) in [6.45, 7) is 1.66. The summed E-state index contributed by atoms with van der Waals surface area (Å²) in [6, 6.07) is 0. The third-order valence-corrected chi connectivity index (χ3v) is 3.81. The van der Waals surface area contributed by atoms with Crippen LogP contribution in [0.15, 0.2) is 0 Å². The van der Waals surface area contributed by atoms with E-state index >= 15 is 0 Å². The fraction of sp³-hybridized carbons (Fsp3) is 0.933. The molecule has 7 nitrogen and oxygen atoms in total. The standard InChI is InChI=1S/C15H28O7/c1-3-4-5-6-7-8-11(17)22-14-13(19)12(18)10(9-16)21-15(14)20-2/h10,12-16,18-19H,3-9H2,1-2H3/t10-,12-,13+,14-,15?/m1/s1. The lowest BCUT2D eigenvalue weighted by Gasteiger charge is -2.40. The van der Waals surface area contributed by atoms with Crippen molar-refractivity contribution in [3.8, 4) is 0 Å². The molecule has 1 heterocycles. The molecule has 0 saturated carbocycles. The fourth-order valence-corrected chi connectivity index (χ4v) is 2.46. The Labute approximate surface area is 131 Å². The van der Waals surface area contributed by atoms with Crippen LogP contribution in [-0.2, 0) is 19.0 Å². The van der Waals surface area contributed by atoms with E-state index in [-0.39, 0.29) is 6.42 Å². The number of carbonyl (C=O) groups excluding carboxylic acids is 1. The van der Waals surface area contributed by atoms with Crippen molar-refractivity contribution >= 4 is 5.97 Å². The van der Waals surface area contributed by atoms with E-state index in [1.807, 2.05) is 0 Å². The second-order valence-electron chi connectivity index (χ2n) is 5.56. The second-order valence-corrected chi connectivity index (χ2v) is 5.56. The molecular formula is C15H28O7. The average Bonchev–Trinajstić information content (AvgIpc) is 2.52. The lowest BCUT2D eigenvalue weighted by Crippen LogP contribution is -2.60. The summed E-state index contributed by atoms with van der Waals surface area (Å²) in [7, 11) is 1.34. The molecule has 1 aliphatic rings. The van der Waals surface area contributed by atoms with E-state index in [2.05, 4.69) is 6.92 Å². The molecule has 0 spiro atoms. The molecule has 130 valence electrons. The van der Waals surface area contributed by atoms with E-state index in [0.717, 1.165) is 32.1 Å². The summed E-state index contributed by atoms with van der Waals surface area (Å²) in [5, 5.41) is 28.9. The molecule has 0 amide bonds. The van der Waals surface area contributed by atoms with Gasteiger partial charge in [0.15, 0.2) is 12.4 Å². The number of aliphatic hydroxyl groups is 3. The lowest BCUT2D eigenvalue weighted by molar-refractivity contribution is -0.298. The molecule has 0 aliphatic carbocycles. The summed E-state index contributed by atoms with van der Waals surface area (Å²) < 4.78 is 15.5. The third-order valence-electron chi connectivity index (χ3n) is 3.81. The van der Waals surface area contributed by atoms with Crippen molar-refractivity contribution in [3.05, 3.63) is 0 Å². The van der Waals surface area contributed by atoms with Gasteiger partial charge in [0.2, 0.25) is 0 Å². The van der Waals surface area contributed by atoms with Crippen molar-refractivity contribution in [1.29, 1.82) is 0 Å². The molecule has 1 saturated heterocycles. The van der Waals surface area contributed by atoms with Crippen molar-refractivity contribution in [2.45, 2.75) is 76.2 Å². The predicted octanol–water partition coefficient (Wildman–Crippen LogP) is 0.344. The number of esters is 1. The van der Waals surface area contributed by atoms with Gasteiger partial charge in [-0.2, -0.15) is 0 Å². The van der Waals surface area contributed by atoms with Gasteiger partial charge in [0, 0.05) is 13.5 Å². The average molecular weight is 320 g/mol. The Morgan fingerprint density at radius 2 is 1.82 bits per heavy atom. The van der Waals surface area contributed by atoms with E-state index < -0.39 is 43.3 Å². The van der Waals surface area contributed by atoms with Gasteiger partial charge in [0.25, 0.3) is 0 Å². The highest BCUT2D eigenvalue weighted by Crippen LogP contribution is 2.24. The Kier molecular flexibility index (Phi) is 8.89. The van der Waals surface area contributed by atoms with Crippen molar-refractivity contribution in [1.82, 2.24) is 0 Å². The number of hydrogen-bond donors (Lipinski definition) is 3. The molecule has 0 aromatic rings. The van der Waals surface area contributed by atoms with E-state index in [4.69, 9.17) is 19.3 Å². The molecule has 3 N–H and O–H groups in total. The molecular weight excluding hydrogens is 292 g/mol. The Hall–Kier alpha value is -0.730. The van der Waals surface area contributed by atoms with Gasteiger partial charge in [0.1, 0.15) is 18.3 Å². The third kappa shape index (κ3) is 5.48. The van der Waals surface area contributed by atoms with Crippen LogP contribution in [0.25, 0.3) is 0 Å². The predicted molar refractivity (Wildman–Crippen MR) is 78.0 cm³/mol. The van der Waals surface area contributed by atoms with Crippen molar-refractivity contribution in [2.75, 3.05) is 13.7 Å². The summed E-state index contributed by atoms with van der Waals surface area (Å²) in [6.07, 6.45) is -0.495. The number of methoxy groups -OCH3 is 1. The normalized spacial score (nSPS) is 32.0. The highest BCUT2D eigenvalue weighted by atomic mass is 16.7. The molecule has 1 rings (SSSR count). The van der Waals surface area contributed by atoms with Crippen LogP contribution in [0.4, 0.5) is 0 Å². The quantitative estimate of drug-likeness (QED) is 0.415. The van der Waals surface area contributed by atoms with Crippen molar-refractivity contribution in [3.63, 3.8) is 0 Å². The van der Waals surface area contributed by atoms with Gasteiger partial charge >= 0.3 is 5.97 Å². The zero-order valence-electron chi connectivity index (χ0n) is 13.3. The van der Waals surface area contributed by atoms with Crippen LogP contribution in [0.3, 0.4) is 0 Å². The maximum Gasteiger partial charge on any atom is 0.306 e. The fourth-order valence-electron chi connectivity index (χ4n) is 2.46. The Morgan fingerprint density at radius 3 is 2.41 bits per heavy atom. The van der Waals surface area contributed by atoms with E-state index in [9.17, 15) is 15.0 Å². The number of aliphatic hydroxyl groups excluding tert-OH is 3. The van der Waals surface area contributed by atoms with Crippen LogP contribution in [-0.4, -0.2) is 65.7 Å². The molecule has 1 aliphatic heterocycles. The minimum atomic E-state index is -1.36. The zero-order valence-corrected chi connectivity index (χ0v) is 13.3. The van der Waals surface area contributed by atoms with Gasteiger partial charge in [-0.1, -0.05) is 32.6 Å². The summed E-state index contributed by atoms with van der Waals surface area (Å²) in [5.41, 5.74) is 0. The smallest absolute Gasteiger partial charge is 0.306 e. The van der Waals surface area contributed by atoms with E-state index in [1.54, 1.807) is 0 Å². The number of hydrogen-bond acceptors (Lipinski definition) is 7. The highest BCUT2D eigenvalue weighted by molar-refractivity contribution is 5.69. The van der Waals surface area contributed by atoms with Crippen LogP contribution in [0.5, 0.6) is 0 Å². The second kappa shape index (κ2) is 10.1. The number of rotatable bonds is 9. The first kappa shape index (κ1) is 19.3. The van der Waals surface area contributed by atoms with E-state index in [0.29, 0.717) is 0 Å². The molecule has 7 heteroatoms. The van der Waals surface area contributed by atoms with Gasteiger partial charge in [-0.15, -0.1) is 0 Å². The number of carbonyl (C=O) groups is 1. The minimum absolute atomic E-state index is 0.253. The molecule has 1 fully saturated rings. The lowest BCUT2D eigenvalue weighted by atomic mass is 9.99. The van der Waals surface area contributed by atoms with Gasteiger partial charge < -0.3 is 29.5 Å². The maximum absolute atomic E-state index is 11.8. The molecule has 0 aromatic heterocycles. The minimum Gasteiger partial charge on any atom is -0.454 e. The SMILES string of the molecule is CCCCCCCC(=O)O[C@H]1C(OC)O[C@H](CO)[C@@H](O)[C@@H]1O. The topological polar surface area (TPSA) is 105 Å². The first-order valence-electron chi connectivity index (χ1n) is 7.89. The Bertz CT molecular complexity index is 321. The molecule has 1 unspecified atom stereocenters. The highest BCUT2D eigenvalue weighted by Gasteiger charge is 2.46. The van der Waals surface area contributed by atoms with Gasteiger partial charge in [-0.05, 0) is 6.42 Å². The molecule has 0 bridgehead atoms. The van der Waals surface area contributed by atoms with E-state index in [1.165, 1.54) is 7.11 Å². The van der Waals surface area contributed by atoms with Crippen LogP contribution in [0.1, 0.15) is 45.4 Å². The maximum atomic E-state index is 11.8. The zero-order chi connectivity index (χ0) is 16.5. The van der Waals surface area contributed by atoms with Crippen molar-refractivity contribution in [2.24, 2.45) is 0 Å².